The van der Waals surface area contributed by atoms with Gasteiger partial charge in [0.1, 0.15) is 5.82 Å². The standard InChI is InChI=1S/C18H17FN2O4S/c1-24-12-11-20-17-18(21-16(25-17)13-5-3-2-4-6-13)26(22,23)15-9-7-14(19)8-10-15/h2-10,20H,11-12H2,1H3. The van der Waals surface area contributed by atoms with Gasteiger partial charge in [0, 0.05) is 19.2 Å². The fraction of sp³-hybridized carbons (Fsp3) is 0.167. The van der Waals surface area contributed by atoms with E-state index < -0.39 is 15.7 Å². The highest BCUT2D eigenvalue weighted by molar-refractivity contribution is 7.91. The van der Waals surface area contributed by atoms with Crippen molar-refractivity contribution in [2.45, 2.75) is 9.92 Å². The number of ether oxygens (including phenoxy) is 1. The Morgan fingerprint density at radius 1 is 1.12 bits per heavy atom. The molecule has 0 atom stereocenters. The first-order valence-corrected chi connectivity index (χ1v) is 9.30. The Labute approximate surface area is 150 Å². The first-order chi connectivity index (χ1) is 12.5. The molecule has 0 bridgehead atoms. The van der Waals surface area contributed by atoms with Gasteiger partial charge in [0.25, 0.3) is 0 Å². The van der Waals surface area contributed by atoms with Crippen LogP contribution in [0.3, 0.4) is 0 Å². The fourth-order valence-corrected chi connectivity index (χ4v) is 3.57. The quantitative estimate of drug-likeness (QED) is 0.503. The third kappa shape index (κ3) is 3.76. The number of nitrogens with one attached hydrogen (secondary N) is 1. The molecule has 8 heteroatoms. The number of halogens is 1. The third-order valence-corrected chi connectivity index (χ3v) is 5.27. The molecule has 136 valence electrons. The van der Waals surface area contributed by atoms with Crippen LogP contribution in [-0.4, -0.2) is 33.7 Å². The summed E-state index contributed by atoms with van der Waals surface area (Å²) in [7, 11) is -2.45. The molecule has 0 fully saturated rings. The number of methoxy groups -OCH3 is 1. The van der Waals surface area contributed by atoms with Gasteiger partial charge in [-0.05, 0) is 36.4 Å². The maximum Gasteiger partial charge on any atom is 0.233 e. The second kappa shape index (κ2) is 7.67. The van der Waals surface area contributed by atoms with E-state index in [1.165, 1.54) is 19.2 Å². The van der Waals surface area contributed by atoms with Gasteiger partial charge in [0.05, 0.1) is 11.5 Å². The van der Waals surface area contributed by atoms with E-state index in [-0.39, 0.29) is 21.7 Å². The number of benzene rings is 2. The summed E-state index contributed by atoms with van der Waals surface area (Å²) in [5.74, 6) is -0.330. The molecule has 0 amide bonds. The lowest BCUT2D eigenvalue weighted by molar-refractivity contribution is 0.210. The molecule has 0 unspecified atom stereocenters. The summed E-state index contributed by atoms with van der Waals surface area (Å²) in [6, 6.07) is 13.5. The summed E-state index contributed by atoms with van der Waals surface area (Å²) in [5, 5.41) is 2.63. The van der Waals surface area contributed by atoms with Crippen molar-refractivity contribution in [1.82, 2.24) is 4.98 Å². The van der Waals surface area contributed by atoms with Gasteiger partial charge in [-0.25, -0.2) is 12.8 Å². The van der Waals surface area contributed by atoms with E-state index in [4.69, 9.17) is 9.15 Å². The Morgan fingerprint density at radius 2 is 1.81 bits per heavy atom. The van der Waals surface area contributed by atoms with Crippen molar-refractivity contribution in [3.8, 4) is 11.5 Å². The number of sulfone groups is 1. The van der Waals surface area contributed by atoms with E-state index in [0.29, 0.717) is 18.7 Å². The summed E-state index contributed by atoms with van der Waals surface area (Å²) in [6.07, 6.45) is 0. The summed E-state index contributed by atoms with van der Waals surface area (Å²) < 4.78 is 49.6. The van der Waals surface area contributed by atoms with E-state index in [0.717, 1.165) is 12.1 Å². The van der Waals surface area contributed by atoms with Crippen LogP contribution in [0.2, 0.25) is 0 Å². The van der Waals surface area contributed by atoms with Crippen molar-refractivity contribution in [2.75, 3.05) is 25.6 Å². The minimum Gasteiger partial charge on any atom is -0.419 e. The molecule has 6 nitrogen and oxygen atoms in total. The smallest absolute Gasteiger partial charge is 0.233 e. The zero-order valence-corrected chi connectivity index (χ0v) is 14.8. The summed E-state index contributed by atoms with van der Waals surface area (Å²) in [5.41, 5.74) is 0.642. The van der Waals surface area contributed by atoms with E-state index in [1.807, 2.05) is 6.07 Å². The molecule has 1 N–H and O–H groups in total. The van der Waals surface area contributed by atoms with Crippen LogP contribution in [0.15, 0.2) is 68.9 Å². The Morgan fingerprint density at radius 3 is 2.46 bits per heavy atom. The van der Waals surface area contributed by atoms with E-state index >= 15 is 0 Å². The van der Waals surface area contributed by atoms with Crippen LogP contribution in [0.1, 0.15) is 0 Å². The minimum atomic E-state index is -3.99. The van der Waals surface area contributed by atoms with Crippen molar-refractivity contribution in [3.05, 3.63) is 60.4 Å². The lowest BCUT2D eigenvalue weighted by Gasteiger charge is -2.05. The van der Waals surface area contributed by atoms with Crippen molar-refractivity contribution in [2.24, 2.45) is 0 Å². The van der Waals surface area contributed by atoms with Crippen molar-refractivity contribution in [1.29, 1.82) is 0 Å². The summed E-state index contributed by atoms with van der Waals surface area (Å²) in [4.78, 5) is 4.11. The molecule has 0 spiro atoms. The average Bonchev–Trinajstić information content (AvgIpc) is 3.08. The molecule has 1 aromatic heterocycles. The molecule has 2 aromatic carbocycles. The zero-order chi connectivity index (χ0) is 18.6. The monoisotopic (exact) mass is 376 g/mol. The van der Waals surface area contributed by atoms with Crippen molar-refractivity contribution >= 4 is 15.7 Å². The lowest BCUT2D eigenvalue weighted by atomic mass is 10.2. The highest BCUT2D eigenvalue weighted by atomic mass is 32.2. The second-order valence-electron chi connectivity index (χ2n) is 5.40. The van der Waals surface area contributed by atoms with Gasteiger partial charge in [0.15, 0.2) is 0 Å². The molecular weight excluding hydrogens is 359 g/mol. The van der Waals surface area contributed by atoms with Crippen LogP contribution >= 0.6 is 0 Å². The number of hydrogen-bond acceptors (Lipinski definition) is 6. The summed E-state index contributed by atoms with van der Waals surface area (Å²) in [6.45, 7) is 0.698. The molecule has 26 heavy (non-hydrogen) atoms. The van der Waals surface area contributed by atoms with Gasteiger partial charge in [-0.3, -0.25) is 0 Å². The largest absolute Gasteiger partial charge is 0.419 e. The number of nitrogens with zero attached hydrogens (tertiary/aromatic N) is 1. The van der Waals surface area contributed by atoms with Gasteiger partial charge in [-0.15, -0.1) is 0 Å². The minimum absolute atomic E-state index is 0.0187. The Bertz CT molecular complexity index is 970. The molecule has 0 aliphatic rings. The predicted octanol–water partition coefficient (Wildman–Crippen LogP) is 3.37. The van der Waals surface area contributed by atoms with Gasteiger partial charge >= 0.3 is 0 Å². The van der Waals surface area contributed by atoms with E-state index in [2.05, 4.69) is 10.3 Å². The molecule has 1 heterocycles. The predicted molar refractivity (Wildman–Crippen MR) is 94.2 cm³/mol. The fourth-order valence-electron chi connectivity index (χ4n) is 2.30. The number of hydrogen-bond donors (Lipinski definition) is 1. The second-order valence-corrected chi connectivity index (χ2v) is 7.26. The molecule has 0 saturated heterocycles. The number of aromatic nitrogens is 1. The maximum atomic E-state index is 13.1. The highest BCUT2D eigenvalue weighted by Crippen LogP contribution is 2.32. The molecule has 0 saturated carbocycles. The van der Waals surface area contributed by atoms with Crippen LogP contribution in [0.4, 0.5) is 10.3 Å². The van der Waals surface area contributed by atoms with Crippen LogP contribution in [0.25, 0.3) is 11.5 Å². The maximum absolute atomic E-state index is 13.1. The van der Waals surface area contributed by atoms with Crippen LogP contribution in [0.5, 0.6) is 0 Å². The summed E-state index contributed by atoms with van der Waals surface area (Å²) >= 11 is 0. The van der Waals surface area contributed by atoms with Crippen molar-refractivity contribution in [3.63, 3.8) is 0 Å². The molecule has 3 rings (SSSR count). The zero-order valence-electron chi connectivity index (χ0n) is 14.0. The Balaban J connectivity index is 2.06. The van der Waals surface area contributed by atoms with E-state index in [1.54, 1.807) is 24.3 Å². The van der Waals surface area contributed by atoms with Crippen molar-refractivity contribution < 1.29 is 22.0 Å². The van der Waals surface area contributed by atoms with Crippen LogP contribution in [0, 0.1) is 5.82 Å². The molecule has 0 aliphatic heterocycles. The molecule has 0 aliphatic carbocycles. The Hall–Kier alpha value is -2.71. The first kappa shape index (κ1) is 18.1. The SMILES string of the molecule is COCCNc1oc(-c2ccccc2)nc1S(=O)(=O)c1ccc(F)cc1. The average molecular weight is 376 g/mol. The normalized spacial score (nSPS) is 11.5. The topological polar surface area (TPSA) is 81.4 Å². The third-order valence-electron chi connectivity index (χ3n) is 3.59. The number of anilines is 1. The van der Waals surface area contributed by atoms with Gasteiger partial charge < -0.3 is 14.5 Å². The number of rotatable bonds is 7. The first-order valence-electron chi connectivity index (χ1n) is 7.82. The van der Waals surface area contributed by atoms with Crippen LogP contribution < -0.4 is 5.32 Å². The van der Waals surface area contributed by atoms with Gasteiger partial charge in [0.2, 0.25) is 26.6 Å². The van der Waals surface area contributed by atoms with E-state index in [9.17, 15) is 12.8 Å². The van der Waals surface area contributed by atoms with Gasteiger partial charge in [-0.2, -0.15) is 4.98 Å². The molecule has 0 radical (unpaired) electrons. The van der Waals surface area contributed by atoms with Crippen LogP contribution in [-0.2, 0) is 14.6 Å². The molecule has 3 aromatic rings. The Kier molecular flexibility index (Phi) is 5.34. The lowest BCUT2D eigenvalue weighted by Crippen LogP contribution is -2.11. The molecular formula is C18H17FN2O4S. The number of oxazole rings is 1. The highest BCUT2D eigenvalue weighted by Gasteiger charge is 2.28. The van der Waals surface area contributed by atoms with Gasteiger partial charge in [-0.1, -0.05) is 18.2 Å².